The normalized spacial score (nSPS) is 17.3. The van der Waals surface area contributed by atoms with E-state index >= 15 is 0 Å². The average molecular weight is 414 g/mol. The number of piperidine rings is 1. The Morgan fingerprint density at radius 3 is 2.08 bits per heavy atom. The van der Waals surface area contributed by atoms with Gasteiger partial charge in [-0.3, -0.25) is 0 Å². The van der Waals surface area contributed by atoms with E-state index in [1.807, 2.05) is 0 Å². The number of hydrogen-bond acceptors (Lipinski definition) is 4. The van der Waals surface area contributed by atoms with Gasteiger partial charge in [0.25, 0.3) is 0 Å². The molecule has 1 saturated heterocycles. The predicted molar refractivity (Wildman–Crippen MR) is 101 cm³/mol. The third-order valence-electron chi connectivity index (χ3n) is 4.62. The van der Waals surface area contributed by atoms with E-state index in [2.05, 4.69) is 6.92 Å². The van der Waals surface area contributed by atoms with Gasteiger partial charge in [0.15, 0.2) is 0 Å². The number of nitrogens with zero attached hydrogens (tertiary/aromatic N) is 1. The summed E-state index contributed by atoms with van der Waals surface area (Å²) in [6.07, 6.45) is 1.62. The molecule has 0 spiro atoms. The highest BCUT2D eigenvalue weighted by Crippen LogP contribution is 2.27. The van der Waals surface area contributed by atoms with E-state index in [0.29, 0.717) is 24.0 Å². The molecule has 0 aliphatic carbocycles. The molecule has 1 heterocycles. The van der Waals surface area contributed by atoms with Crippen molar-refractivity contribution in [1.82, 2.24) is 4.31 Å². The van der Waals surface area contributed by atoms with E-state index in [9.17, 15) is 16.8 Å². The second-order valence-electron chi connectivity index (χ2n) is 6.52. The molecule has 1 aliphatic rings. The number of sulfonamides is 1. The van der Waals surface area contributed by atoms with Crippen LogP contribution in [0.1, 0.15) is 19.8 Å². The number of sulfone groups is 1. The van der Waals surface area contributed by atoms with Crippen molar-refractivity contribution in [1.29, 1.82) is 0 Å². The summed E-state index contributed by atoms with van der Waals surface area (Å²) < 4.78 is 52.8. The lowest BCUT2D eigenvalue weighted by Crippen LogP contribution is -2.37. The van der Waals surface area contributed by atoms with Gasteiger partial charge in [-0.1, -0.05) is 24.6 Å². The van der Waals surface area contributed by atoms with Crippen LogP contribution in [0.2, 0.25) is 5.02 Å². The van der Waals surface area contributed by atoms with Crippen LogP contribution in [-0.4, -0.2) is 34.2 Å². The van der Waals surface area contributed by atoms with Gasteiger partial charge in [0.2, 0.25) is 19.9 Å². The molecule has 0 atom stereocenters. The molecule has 0 N–H and O–H groups in total. The Morgan fingerprint density at radius 1 is 0.885 bits per heavy atom. The van der Waals surface area contributed by atoms with E-state index < -0.39 is 19.9 Å². The highest BCUT2D eigenvalue weighted by Gasteiger charge is 2.29. The van der Waals surface area contributed by atoms with Crippen LogP contribution in [0.4, 0.5) is 0 Å². The summed E-state index contributed by atoms with van der Waals surface area (Å²) in [4.78, 5) is 0.0246. The summed E-state index contributed by atoms with van der Waals surface area (Å²) in [5.41, 5.74) is 0. The maximum absolute atomic E-state index is 12.9. The van der Waals surface area contributed by atoms with Crippen molar-refractivity contribution in [2.45, 2.75) is 34.5 Å². The maximum atomic E-state index is 12.9. The van der Waals surface area contributed by atoms with E-state index in [1.165, 1.54) is 52.8 Å². The van der Waals surface area contributed by atoms with Crippen molar-refractivity contribution in [3.63, 3.8) is 0 Å². The molecule has 2 aromatic rings. The minimum atomic E-state index is -3.82. The summed E-state index contributed by atoms with van der Waals surface area (Å²) in [7, 11) is -7.53. The van der Waals surface area contributed by atoms with Crippen molar-refractivity contribution >= 4 is 31.5 Å². The van der Waals surface area contributed by atoms with Crippen LogP contribution in [0.5, 0.6) is 0 Å². The fourth-order valence-corrected chi connectivity index (χ4v) is 5.95. The zero-order chi connectivity index (χ0) is 18.9. The fraction of sp³-hybridized carbons (Fsp3) is 0.333. The number of hydrogen-bond donors (Lipinski definition) is 0. The van der Waals surface area contributed by atoms with Crippen molar-refractivity contribution in [2.24, 2.45) is 5.92 Å². The molecule has 0 amide bonds. The molecule has 1 aliphatic heterocycles. The number of benzene rings is 2. The topological polar surface area (TPSA) is 71.5 Å². The molecule has 0 bridgehead atoms. The molecule has 0 aromatic heterocycles. The monoisotopic (exact) mass is 413 g/mol. The lowest BCUT2D eigenvalue weighted by atomic mass is 10.0. The van der Waals surface area contributed by atoms with Crippen LogP contribution in [-0.2, 0) is 19.9 Å². The van der Waals surface area contributed by atoms with Crippen LogP contribution in [0.15, 0.2) is 63.2 Å². The van der Waals surface area contributed by atoms with Gasteiger partial charge in [0.05, 0.1) is 14.7 Å². The Morgan fingerprint density at radius 2 is 1.46 bits per heavy atom. The number of halogens is 1. The van der Waals surface area contributed by atoms with Gasteiger partial charge in [-0.2, -0.15) is 4.31 Å². The van der Waals surface area contributed by atoms with Gasteiger partial charge >= 0.3 is 0 Å². The van der Waals surface area contributed by atoms with Gasteiger partial charge in [-0.05, 0) is 61.2 Å². The standard InChI is InChI=1S/C18H20ClNO4S2/c1-14-9-11-20(12-10-14)26(23,24)18-4-2-3-17(13-18)25(21,22)16-7-5-15(19)6-8-16/h2-8,13-14H,9-12H2,1H3. The van der Waals surface area contributed by atoms with Crippen LogP contribution in [0, 0.1) is 5.92 Å². The van der Waals surface area contributed by atoms with Crippen molar-refractivity contribution in [2.75, 3.05) is 13.1 Å². The Bertz CT molecular complexity index is 994. The van der Waals surface area contributed by atoms with Gasteiger partial charge < -0.3 is 0 Å². The van der Waals surface area contributed by atoms with Crippen molar-refractivity contribution in [3.8, 4) is 0 Å². The molecule has 5 nitrogen and oxygen atoms in total. The Kier molecular flexibility index (Phi) is 5.44. The zero-order valence-electron chi connectivity index (χ0n) is 14.3. The average Bonchev–Trinajstić information content (AvgIpc) is 2.62. The first-order valence-electron chi connectivity index (χ1n) is 8.32. The second kappa shape index (κ2) is 7.31. The van der Waals surface area contributed by atoms with Gasteiger partial charge in [-0.15, -0.1) is 0 Å². The molecule has 0 unspecified atom stereocenters. The first-order chi connectivity index (χ1) is 12.2. The third-order valence-corrected chi connectivity index (χ3v) is 8.53. The molecule has 26 heavy (non-hydrogen) atoms. The summed E-state index contributed by atoms with van der Waals surface area (Å²) in [5, 5.41) is 0.430. The quantitative estimate of drug-likeness (QED) is 0.767. The molecular formula is C18H20ClNO4S2. The molecule has 0 radical (unpaired) electrons. The first kappa shape index (κ1) is 19.4. The molecule has 2 aromatic carbocycles. The van der Waals surface area contributed by atoms with E-state index in [-0.39, 0.29) is 14.7 Å². The lowest BCUT2D eigenvalue weighted by molar-refractivity contribution is 0.288. The molecule has 3 rings (SSSR count). The smallest absolute Gasteiger partial charge is 0.219 e. The van der Waals surface area contributed by atoms with Gasteiger partial charge in [0.1, 0.15) is 0 Å². The third kappa shape index (κ3) is 3.81. The van der Waals surface area contributed by atoms with E-state index in [1.54, 1.807) is 0 Å². The maximum Gasteiger partial charge on any atom is 0.243 e. The van der Waals surface area contributed by atoms with E-state index in [0.717, 1.165) is 12.8 Å². The van der Waals surface area contributed by atoms with Crippen LogP contribution < -0.4 is 0 Å². The highest BCUT2D eigenvalue weighted by atomic mass is 35.5. The Hall–Kier alpha value is -1.41. The van der Waals surface area contributed by atoms with Crippen LogP contribution >= 0.6 is 11.6 Å². The minimum absolute atomic E-state index is 0.00194. The number of rotatable bonds is 4. The SMILES string of the molecule is CC1CCN(S(=O)(=O)c2cccc(S(=O)(=O)c3ccc(Cl)cc3)c2)CC1. The summed E-state index contributed by atoms with van der Waals surface area (Å²) in [6, 6.07) is 11.3. The van der Waals surface area contributed by atoms with Crippen LogP contribution in [0.3, 0.4) is 0 Å². The molecule has 140 valence electrons. The molecule has 8 heteroatoms. The minimum Gasteiger partial charge on any atom is -0.219 e. The van der Waals surface area contributed by atoms with Gasteiger partial charge in [0, 0.05) is 18.1 Å². The predicted octanol–water partition coefficient (Wildman–Crippen LogP) is 3.59. The summed E-state index contributed by atoms with van der Waals surface area (Å²) in [6.45, 7) is 3.01. The Balaban J connectivity index is 1.96. The van der Waals surface area contributed by atoms with Gasteiger partial charge in [-0.25, -0.2) is 16.8 Å². The summed E-state index contributed by atoms with van der Waals surface area (Å²) >= 11 is 5.81. The molecular weight excluding hydrogens is 394 g/mol. The van der Waals surface area contributed by atoms with E-state index in [4.69, 9.17) is 11.6 Å². The zero-order valence-corrected chi connectivity index (χ0v) is 16.7. The molecule has 1 fully saturated rings. The fourth-order valence-electron chi connectivity index (χ4n) is 2.93. The highest BCUT2D eigenvalue weighted by molar-refractivity contribution is 7.91. The Labute approximate surface area is 159 Å². The largest absolute Gasteiger partial charge is 0.243 e. The van der Waals surface area contributed by atoms with Crippen LogP contribution in [0.25, 0.3) is 0 Å². The van der Waals surface area contributed by atoms with Crippen molar-refractivity contribution < 1.29 is 16.8 Å². The second-order valence-corrected chi connectivity index (χ2v) is 10.8. The summed E-state index contributed by atoms with van der Waals surface area (Å²) in [5.74, 6) is 0.498. The van der Waals surface area contributed by atoms with Crippen molar-refractivity contribution in [3.05, 3.63) is 53.6 Å². The first-order valence-corrected chi connectivity index (χ1v) is 11.6. The molecule has 0 saturated carbocycles. The lowest BCUT2D eigenvalue weighted by Gasteiger charge is -2.29.